The van der Waals surface area contributed by atoms with Gasteiger partial charge in [-0.05, 0) is 62.7 Å². The Hall–Kier alpha value is -1.93. The van der Waals surface area contributed by atoms with Crippen LogP contribution in [0.2, 0.25) is 5.02 Å². The molecule has 3 aromatic rings. The summed E-state index contributed by atoms with van der Waals surface area (Å²) < 4.78 is 11.8. The molecular formula is C18H17ClO2. The summed E-state index contributed by atoms with van der Waals surface area (Å²) >= 11 is 6.02. The molecule has 3 heteroatoms. The van der Waals surface area contributed by atoms with Gasteiger partial charge in [-0.15, -0.1) is 0 Å². The van der Waals surface area contributed by atoms with Gasteiger partial charge in [0.05, 0.1) is 0 Å². The van der Waals surface area contributed by atoms with Crippen LogP contribution in [0, 0.1) is 13.8 Å². The highest BCUT2D eigenvalue weighted by Crippen LogP contribution is 2.40. The molecule has 0 spiro atoms. The molecule has 0 aliphatic heterocycles. The van der Waals surface area contributed by atoms with Crippen molar-refractivity contribution in [1.29, 1.82) is 0 Å². The molecule has 1 aromatic carbocycles. The van der Waals surface area contributed by atoms with Crippen molar-refractivity contribution < 1.29 is 8.83 Å². The first-order chi connectivity index (χ1) is 10.00. The maximum absolute atomic E-state index is 6.02. The summed E-state index contributed by atoms with van der Waals surface area (Å²) in [7, 11) is 0. The van der Waals surface area contributed by atoms with Gasteiger partial charge in [0.15, 0.2) is 0 Å². The van der Waals surface area contributed by atoms with Gasteiger partial charge >= 0.3 is 0 Å². The second-order valence-corrected chi connectivity index (χ2v) is 5.89. The van der Waals surface area contributed by atoms with Crippen LogP contribution < -0.4 is 0 Å². The number of furan rings is 2. The molecule has 2 nitrogen and oxygen atoms in total. The molecule has 3 rings (SSSR count). The van der Waals surface area contributed by atoms with Crippen LogP contribution in [0.1, 0.15) is 35.5 Å². The number of rotatable bonds is 3. The molecule has 0 bridgehead atoms. The summed E-state index contributed by atoms with van der Waals surface area (Å²) in [5.41, 5.74) is 0.600. The van der Waals surface area contributed by atoms with Crippen molar-refractivity contribution in [1.82, 2.24) is 0 Å². The Morgan fingerprint density at radius 1 is 0.762 bits per heavy atom. The minimum Gasteiger partial charge on any atom is -0.465 e. The Bertz CT molecular complexity index is 709. The third kappa shape index (κ3) is 2.40. The van der Waals surface area contributed by atoms with Crippen molar-refractivity contribution in [2.45, 2.75) is 26.2 Å². The smallest absolute Gasteiger partial charge is 0.122 e. The highest BCUT2D eigenvalue weighted by molar-refractivity contribution is 6.30. The lowest BCUT2D eigenvalue weighted by atomic mass is 9.78. The lowest BCUT2D eigenvalue weighted by Crippen LogP contribution is -2.24. The topological polar surface area (TPSA) is 26.3 Å². The van der Waals surface area contributed by atoms with Gasteiger partial charge in [0.25, 0.3) is 0 Å². The minimum absolute atomic E-state index is 0.479. The normalized spacial score (nSPS) is 11.8. The van der Waals surface area contributed by atoms with Crippen LogP contribution >= 0.6 is 11.6 Å². The van der Waals surface area contributed by atoms with Crippen molar-refractivity contribution in [3.8, 4) is 0 Å². The molecule has 0 atom stereocenters. The molecule has 0 saturated carbocycles. The van der Waals surface area contributed by atoms with E-state index in [0.29, 0.717) is 5.02 Å². The van der Waals surface area contributed by atoms with Gasteiger partial charge in [-0.3, -0.25) is 0 Å². The molecular weight excluding hydrogens is 284 g/mol. The second-order valence-electron chi connectivity index (χ2n) is 5.45. The van der Waals surface area contributed by atoms with E-state index in [2.05, 4.69) is 6.92 Å². The first kappa shape index (κ1) is 14.0. The Kier molecular flexibility index (Phi) is 3.42. The zero-order chi connectivity index (χ0) is 15.0. The fourth-order valence-corrected chi connectivity index (χ4v) is 2.72. The van der Waals surface area contributed by atoms with Crippen LogP contribution in [-0.2, 0) is 5.41 Å². The molecule has 0 N–H and O–H groups in total. The van der Waals surface area contributed by atoms with Crippen LogP contribution in [0.25, 0.3) is 0 Å². The lowest BCUT2D eigenvalue weighted by molar-refractivity contribution is 0.367. The average Bonchev–Trinajstić information content (AvgIpc) is 3.08. The van der Waals surface area contributed by atoms with Crippen molar-refractivity contribution in [3.63, 3.8) is 0 Å². The van der Waals surface area contributed by atoms with E-state index in [1.165, 1.54) is 0 Å². The van der Waals surface area contributed by atoms with Crippen molar-refractivity contribution in [2.24, 2.45) is 0 Å². The Balaban J connectivity index is 2.21. The third-order valence-electron chi connectivity index (χ3n) is 3.89. The Morgan fingerprint density at radius 2 is 1.24 bits per heavy atom. The number of halogens is 1. The molecule has 108 valence electrons. The monoisotopic (exact) mass is 300 g/mol. The van der Waals surface area contributed by atoms with Crippen LogP contribution in [0.5, 0.6) is 0 Å². The van der Waals surface area contributed by atoms with E-state index in [-0.39, 0.29) is 0 Å². The second kappa shape index (κ2) is 5.12. The van der Waals surface area contributed by atoms with Crippen molar-refractivity contribution >= 4 is 11.6 Å². The van der Waals surface area contributed by atoms with E-state index in [0.717, 1.165) is 28.6 Å². The maximum Gasteiger partial charge on any atom is 0.122 e. The van der Waals surface area contributed by atoms with Gasteiger partial charge in [-0.25, -0.2) is 0 Å². The molecule has 0 radical (unpaired) electrons. The number of benzene rings is 1. The molecule has 0 aliphatic carbocycles. The van der Waals surface area contributed by atoms with Crippen LogP contribution in [0.15, 0.2) is 57.4 Å². The van der Waals surface area contributed by atoms with Gasteiger partial charge < -0.3 is 8.83 Å². The molecule has 2 heterocycles. The Morgan fingerprint density at radius 3 is 1.62 bits per heavy atom. The molecule has 0 fully saturated rings. The lowest BCUT2D eigenvalue weighted by Gasteiger charge is -2.26. The standard InChI is InChI=1S/C18H17ClO2/c1-12-4-10-16(20-12)18(3,17-11-5-13(2)21-17)14-6-8-15(19)9-7-14/h4-11H,1-3H3. The van der Waals surface area contributed by atoms with Gasteiger partial charge in [0, 0.05) is 5.02 Å². The number of hydrogen-bond donors (Lipinski definition) is 0. The highest BCUT2D eigenvalue weighted by atomic mass is 35.5. The predicted molar refractivity (Wildman–Crippen MR) is 83.9 cm³/mol. The van der Waals surface area contributed by atoms with Crippen LogP contribution in [0.3, 0.4) is 0 Å². The SMILES string of the molecule is Cc1ccc(C(C)(c2ccc(Cl)cc2)c2ccc(C)o2)o1. The highest BCUT2D eigenvalue weighted by Gasteiger charge is 2.37. The largest absolute Gasteiger partial charge is 0.465 e. The summed E-state index contributed by atoms with van der Waals surface area (Å²) in [6.45, 7) is 5.99. The third-order valence-corrected chi connectivity index (χ3v) is 4.14. The summed E-state index contributed by atoms with van der Waals surface area (Å²) in [5.74, 6) is 3.48. The molecule has 0 saturated heterocycles. The fraction of sp³-hybridized carbons (Fsp3) is 0.222. The van der Waals surface area contributed by atoms with Crippen LogP contribution in [-0.4, -0.2) is 0 Å². The number of aryl methyl sites for hydroxylation is 2. The molecule has 2 aromatic heterocycles. The fourth-order valence-electron chi connectivity index (χ4n) is 2.60. The minimum atomic E-state index is -0.479. The zero-order valence-electron chi connectivity index (χ0n) is 12.3. The van der Waals surface area contributed by atoms with E-state index < -0.39 is 5.41 Å². The van der Waals surface area contributed by atoms with E-state index >= 15 is 0 Å². The molecule has 0 amide bonds. The summed E-state index contributed by atoms with van der Waals surface area (Å²) in [6.07, 6.45) is 0. The van der Waals surface area contributed by atoms with E-state index in [4.69, 9.17) is 20.4 Å². The summed E-state index contributed by atoms with van der Waals surface area (Å²) in [6, 6.07) is 15.7. The number of hydrogen-bond acceptors (Lipinski definition) is 2. The van der Waals surface area contributed by atoms with Gasteiger partial charge in [-0.1, -0.05) is 23.7 Å². The van der Waals surface area contributed by atoms with Crippen LogP contribution in [0.4, 0.5) is 0 Å². The first-order valence-corrected chi connectivity index (χ1v) is 7.28. The Labute approximate surface area is 129 Å². The van der Waals surface area contributed by atoms with Crippen molar-refractivity contribution in [3.05, 3.63) is 82.2 Å². The average molecular weight is 301 g/mol. The maximum atomic E-state index is 6.02. The van der Waals surface area contributed by atoms with Gasteiger partial charge in [0.2, 0.25) is 0 Å². The quantitative estimate of drug-likeness (QED) is 0.638. The molecule has 21 heavy (non-hydrogen) atoms. The predicted octanol–water partition coefficient (Wildman–Crippen LogP) is 5.50. The van der Waals surface area contributed by atoms with E-state index in [1.807, 2.05) is 62.4 Å². The van der Waals surface area contributed by atoms with E-state index in [9.17, 15) is 0 Å². The van der Waals surface area contributed by atoms with Gasteiger partial charge in [-0.2, -0.15) is 0 Å². The molecule has 0 aliphatic rings. The van der Waals surface area contributed by atoms with Crippen molar-refractivity contribution in [2.75, 3.05) is 0 Å². The van der Waals surface area contributed by atoms with Gasteiger partial charge in [0.1, 0.15) is 28.5 Å². The van der Waals surface area contributed by atoms with E-state index in [1.54, 1.807) is 0 Å². The molecule has 0 unspecified atom stereocenters. The summed E-state index contributed by atoms with van der Waals surface area (Å²) in [4.78, 5) is 0. The summed E-state index contributed by atoms with van der Waals surface area (Å²) in [5, 5.41) is 0.715. The first-order valence-electron chi connectivity index (χ1n) is 6.90. The zero-order valence-corrected chi connectivity index (χ0v) is 13.1.